The van der Waals surface area contributed by atoms with Crippen molar-refractivity contribution in [2.45, 2.75) is 19.6 Å². The van der Waals surface area contributed by atoms with E-state index in [9.17, 15) is 9.18 Å². The lowest BCUT2D eigenvalue weighted by atomic mass is 10.1. The summed E-state index contributed by atoms with van der Waals surface area (Å²) in [6, 6.07) is 22.4. The molecule has 8 nitrogen and oxygen atoms in total. The van der Waals surface area contributed by atoms with Crippen LogP contribution in [0.3, 0.4) is 0 Å². The van der Waals surface area contributed by atoms with Gasteiger partial charge in [0.1, 0.15) is 18.2 Å². The van der Waals surface area contributed by atoms with E-state index in [4.69, 9.17) is 36.1 Å². The second kappa shape index (κ2) is 12.8. The molecule has 0 bridgehead atoms. The van der Waals surface area contributed by atoms with Crippen molar-refractivity contribution in [2.75, 3.05) is 20.8 Å². The molecule has 0 spiro atoms. The summed E-state index contributed by atoms with van der Waals surface area (Å²) in [7, 11) is 2.99. The van der Waals surface area contributed by atoms with Crippen LogP contribution in [-0.4, -0.2) is 41.3 Å². The molecule has 5 aromatic rings. The molecule has 42 heavy (non-hydrogen) atoms. The standard InChI is InChI=1S/C32H26ClFN4O4/c1-40-13-12-38-29-17-22(32(39)41-2)9-11-28(29)36-30(38)16-20-7-10-24(25(33)14-20)27-4-3-5-31(37-27)42-19-23-8-6-21(18-35)15-26(23)34/h3-11,14-15,17H,12-13,16,19H2,1-2H3. The molecule has 0 saturated carbocycles. The molecule has 0 aliphatic carbocycles. The topological polar surface area (TPSA) is 99.3 Å². The van der Waals surface area contributed by atoms with Gasteiger partial charge in [0.2, 0.25) is 5.88 Å². The van der Waals surface area contributed by atoms with E-state index in [-0.39, 0.29) is 12.2 Å². The lowest BCUT2D eigenvalue weighted by molar-refractivity contribution is 0.0601. The number of pyridine rings is 1. The van der Waals surface area contributed by atoms with Gasteiger partial charge in [0.25, 0.3) is 0 Å². The Morgan fingerprint density at radius 1 is 1.05 bits per heavy atom. The second-order valence-corrected chi connectivity index (χ2v) is 9.83. The van der Waals surface area contributed by atoms with Crippen LogP contribution < -0.4 is 4.74 Å². The number of carbonyl (C=O) groups is 1. The SMILES string of the molecule is COCCn1c(Cc2ccc(-c3cccc(OCc4ccc(C#N)cc4F)n3)c(Cl)c2)nc2ccc(C(=O)OC)cc21. The lowest BCUT2D eigenvalue weighted by Gasteiger charge is -2.11. The molecule has 212 valence electrons. The average Bonchev–Trinajstić information content (AvgIpc) is 3.34. The first-order valence-electron chi connectivity index (χ1n) is 13.0. The summed E-state index contributed by atoms with van der Waals surface area (Å²) in [6.45, 7) is 0.996. The zero-order valence-electron chi connectivity index (χ0n) is 22.9. The molecular formula is C32H26ClFN4O4. The smallest absolute Gasteiger partial charge is 0.337 e. The first kappa shape index (κ1) is 28.7. The number of rotatable bonds is 10. The summed E-state index contributed by atoms with van der Waals surface area (Å²) in [6.07, 6.45) is 0.499. The van der Waals surface area contributed by atoms with Gasteiger partial charge in [-0.15, -0.1) is 0 Å². The van der Waals surface area contributed by atoms with Crippen molar-refractivity contribution in [3.05, 3.63) is 112 Å². The average molecular weight is 585 g/mol. The highest BCUT2D eigenvalue weighted by Crippen LogP contribution is 2.30. The highest BCUT2D eigenvalue weighted by Gasteiger charge is 2.16. The van der Waals surface area contributed by atoms with E-state index >= 15 is 0 Å². The zero-order valence-corrected chi connectivity index (χ0v) is 23.7. The molecule has 2 heterocycles. The number of halogens is 2. The molecule has 0 aliphatic heterocycles. The van der Waals surface area contributed by atoms with E-state index in [0.29, 0.717) is 52.9 Å². The summed E-state index contributed by atoms with van der Waals surface area (Å²) in [5.74, 6) is 0.194. The van der Waals surface area contributed by atoms with Gasteiger partial charge in [-0.25, -0.2) is 19.2 Å². The molecule has 0 radical (unpaired) electrons. The number of aromatic nitrogens is 3. The Balaban J connectivity index is 1.37. The maximum Gasteiger partial charge on any atom is 0.337 e. The molecule has 0 fully saturated rings. The lowest BCUT2D eigenvalue weighted by Crippen LogP contribution is -2.09. The minimum absolute atomic E-state index is 0.0359. The van der Waals surface area contributed by atoms with E-state index in [1.54, 1.807) is 43.5 Å². The van der Waals surface area contributed by atoms with Crippen LogP contribution in [0.1, 0.15) is 32.9 Å². The van der Waals surface area contributed by atoms with Gasteiger partial charge in [0, 0.05) is 37.3 Å². The number of methoxy groups -OCH3 is 2. The highest BCUT2D eigenvalue weighted by molar-refractivity contribution is 6.33. The first-order chi connectivity index (χ1) is 20.4. The van der Waals surface area contributed by atoms with Gasteiger partial charge in [0.05, 0.1) is 52.7 Å². The summed E-state index contributed by atoms with van der Waals surface area (Å²) in [4.78, 5) is 21.5. The van der Waals surface area contributed by atoms with Crippen LogP contribution in [0, 0.1) is 17.1 Å². The van der Waals surface area contributed by atoms with E-state index < -0.39 is 11.8 Å². The molecular weight excluding hydrogens is 559 g/mol. The molecule has 0 amide bonds. The molecule has 0 aliphatic rings. The number of ether oxygens (including phenoxy) is 3. The van der Waals surface area contributed by atoms with Crippen LogP contribution in [0.2, 0.25) is 5.02 Å². The Bertz CT molecular complexity index is 1810. The van der Waals surface area contributed by atoms with Crippen LogP contribution in [-0.2, 0) is 29.0 Å². The van der Waals surface area contributed by atoms with Crippen LogP contribution >= 0.6 is 11.6 Å². The van der Waals surface area contributed by atoms with Crippen LogP contribution in [0.25, 0.3) is 22.3 Å². The summed E-state index contributed by atoms with van der Waals surface area (Å²) >= 11 is 6.72. The van der Waals surface area contributed by atoms with Gasteiger partial charge in [-0.2, -0.15) is 5.26 Å². The molecule has 0 N–H and O–H groups in total. The number of fused-ring (bicyclic) bond motifs is 1. The summed E-state index contributed by atoms with van der Waals surface area (Å²) in [5.41, 5.74) is 4.85. The number of nitrogens with zero attached hydrogens (tertiary/aromatic N) is 4. The van der Waals surface area contributed by atoms with Gasteiger partial charge in [0.15, 0.2) is 0 Å². The number of imidazole rings is 1. The maximum absolute atomic E-state index is 14.2. The Labute approximate surface area is 246 Å². The molecule has 2 aromatic heterocycles. The number of nitriles is 1. The second-order valence-electron chi connectivity index (χ2n) is 9.43. The van der Waals surface area contributed by atoms with Crippen LogP contribution in [0.5, 0.6) is 5.88 Å². The number of carbonyl (C=O) groups excluding carboxylic acids is 1. The van der Waals surface area contributed by atoms with Crippen LogP contribution in [0.4, 0.5) is 4.39 Å². The van der Waals surface area contributed by atoms with Crippen molar-refractivity contribution in [1.82, 2.24) is 14.5 Å². The van der Waals surface area contributed by atoms with Crippen LogP contribution in [0.15, 0.2) is 72.8 Å². The van der Waals surface area contributed by atoms with Crippen molar-refractivity contribution in [3.8, 4) is 23.2 Å². The van der Waals surface area contributed by atoms with Crippen molar-refractivity contribution in [3.63, 3.8) is 0 Å². The van der Waals surface area contributed by atoms with Gasteiger partial charge in [-0.3, -0.25) is 0 Å². The third-order valence-electron chi connectivity index (χ3n) is 6.72. The fraction of sp³-hybridized carbons (Fsp3) is 0.188. The zero-order chi connectivity index (χ0) is 29.6. The largest absolute Gasteiger partial charge is 0.473 e. The molecule has 10 heteroatoms. The van der Waals surface area contributed by atoms with Gasteiger partial charge in [-0.05, 0) is 48.0 Å². The molecule has 3 aromatic carbocycles. The van der Waals surface area contributed by atoms with Crippen molar-refractivity contribution in [1.29, 1.82) is 5.26 Å². The van der Waals surface area contributed by atoms with Crippen molar-refractivity contribution >= 4 is 28.6 Å². The number of esters is 1. The minimum atomic E-state index is -0.511. The molecule has 5 rings (SSSR count). The number of hydrogen-bond acceptors (Lipinski definition) is 7. The third kappa shape index (κ3) is 6.25. The minimum Gasteiger partial charge on any atom is -0.473 e. The number of benzene rings is 3. The van der Waals surface area contributed by atoms with E-state index in [0.717, 1.165) is 22.4 Å². The van der Waals surface area contributed by atoms with E-state index in [1.165, 1.54) is 19.2 Å². The Morgan fingerprint density at radius 2 is 1.90 bits per heavy atom. The van der Waals surface area contributed by atoms with E-state index in [1.807, 2.05) is 34.9 Å². The fourth-order valence-electron chi connectivity index (χ4n) is 4.57. The van der Waals surface area contributed by atoms with E-state index in [2.05, 4.69) is 4.98 Å². The Hall–Kier alpha value is -4.78. The normalized spacial score (nSPS) is 10.9. The molecule has 0 atom stereocenters. The Morgan fingerprint density at radius 3 is 2.64 bits per heavy atom. The molecule has 0 saturated heterocycles. The van der Waals surface area contributed by atoms with Gasteiger partial charge < -0.3 is 18.8 Å². The third-order valence-corrected chi connectivity index (χ3v) is 7.03. The number of hydrogen-bond donors (Lipinski definition) is 0. The van der Waals surface area contributed by atoms with Crippen molar-refractivity contribution in [2.24, 2.45) is 0 Å². The van der Waals surface area contributed by atoms with Gasteiger partial charge in [-0.1, -0.05) is 35.9 Å². The maximum atomic E-state index is 14.2. The monoisotopic (exact) mass is 584 g/mol. The van der Waals surface area contributed by atoms with Crippen molar-refractivity contribution < 1.29 is 23.4 Å². The molecule has 0 unspecified atom stereocenters. The summed E-state index contributed by atoms with van der Waals surface area (Å²) < 4.78 is 32.2. The predicted octanol–water partition coefficient (Wildman–Crippen LogP) is 6.37. The highest BCUT2D eigenvalue weighted by atomic mass is 35.5. The van der Waals surface area contributed by atoms with Gasteiger partial charge >= 0.3 is 5.97 Å². The predicted molar refractivity (Wildman–Crippen MR) is 156 cm³/mol. The summed E-state index contributed by atoms with van der Waals surface area (Å²) in [5, 5.41) is 9.43. The quantitative estimate of drug-likeness (QED) is 0.176. The fourth-order valence-corrected chi connectivity index (χ4v) is 4.87. The Kier molecular flexibility index (Phi) is 8.77. The first-order valence-corrected chi connectivity index (χ1v) is 13.4.